The van der Waals surface area contributed by atoms with Crippen molar-refractivity contribution in [1.82, 2.24) is 5.32 Å². The van der Waals surface area contributed by atoms with E-state index in [2.05, 4.69) is 5.32 Å². The topological polar surface area (TPSA) is 52.5 Å². The highest BCUT2D eigenvalue weighted by Crippen LogP contribution is 2.24. The van der Waals surface area contributed by atoms with Crippen molar-refractivity contribution in [2.75, 3.05) is 6.61 Å². The van der Waals surface area contributed by atoms with Crippen molar-refractivity contribution in [1.29, 1.82) is 0 Å². The first-order chi connectivity index (χ1) is 6.65. The number of aliphatic hydroxyl groups is 1. The predicted octanol–water partition coefficient (Wildman–Crippen LogP) is 1.52. The Morgan fingerprint density at radius 2 is 2.21 bits per heavy atom. The SMILES string of the molecule is C[C@@H](CO)NCc1c(O)cccc1Cl. The number of hydrogen-bond donors (Lipinski definition) is 3. The quantitative estimate of drug-likeness (QED) is 0.714. The van der Waals surface area contributed by atoms with Gasteiger partial charge in [-0.2, -0.15) is 0 Å². The van der Waals surface area contributed by atoms with Crippen LogP contribution in [0.4, 0.5) is 0 Å². The molecule has 3 nitrogen and oxygen atoms in total. The van der Waals surface area contributed by atoms with Gasteiger partial charge in [-0.25, -0.2) is 0 Å². The molecule has 0 aliphatic carbocycles. The average molecular weight is 216 g/mol. The Morgan fingerprint density at radius 1 is 1.50 bits per heavy atom. The molecule has 1 rings (SSSR count). The van der Waals surface area contributed by atoms with E-state index in [0.717, 1.165) is 0 Å². The number of halogens is 1. The Labute approximate surface area is 88.3 Å². The standard InChI is InChI=1S/C10H14ClNO2/c1-7(6-13)12-5-8-9(11)3-2-4-10(8)14/h2-4,7,12-14H,5-6H2,1H3/t7-/m0/s1. The van der Waals surface area contributed by atoms with Gasteiger partial charge in [0, 0.05) is 23.2 Å². The highest BCUT2D eigenvalue weighted by molar-refractivity contribution is 6.31. The molecule has 0 unspecified atom stereocenters. The normalized spacial score (nSPS) is 12.8. The minimum absolute atomic E-state index is 0.00864. The van der Waals surface area contributed by atoms with Crippen LogP contribution in [-0.4, -0.2) is 22.9 Å². The van der Waals surface area contributed by atoms with Gasteiger partial charge in [0.2, 0.25) is 0 Å². The summed E-state index contributed by atoms with van der Waals surface area (Å²) >= 11 is 5.89. The number of aromatic hydroxyl groups is 1. The zero-order valence-corrected chi connectivity index (χ0v) is 8.75. The second-order valence-corrected chi connectivity index (χ2v) is 3.61. The second kappa shape index (κ2) is 5.20. The van der Waals surface area contributed by atoms with Crippen molar-refractivity contribution in [2.24, 2.45) is 0 Å². The Kier molecular flexibility index (Phi) is 4.20. The third-order valence-electron chi connectivity index (χ3n) is 2.00. The first kappa shape index (κ1) is 11.3. The van der Waals surface area contributed by atoms with E-state index in [4.69, 9.17) is 16.7 Å². The fourth-order valence-electron chi connectivity index (χ4n) is 1.06. The summed E-state index contributed by atoms with van der Waals surface area (Å²) < 4.78 is 0. The number of rotatable bonds is 4. The van der Waals surface area contributed by atoms with Gasteiger partial charge in [-0.05, 0) is 19.1 Å². The van der Waals surface area contributed by atoms with Crippen LogP contribution in [0.25, 0.3) is 0 Å². The number of phenols is 1. The zero-order chi connectivity index (χ0) is 10.6. The summed E-state index contributed by atoms with van der Waals surface area (Å²) in [6.07, 6.45) is 0. The predicted molar refractivity (Wildman–Crippen MR) is 56.5 cm³/mol. The summed E-state index contributed by atoms with van der Waals surface area (Å²) in [7, 11) is 0. The van der Waals surface area contributed by atoms with Gasteiger partial charge in [0.1, 0.15) is 5.75 Å². The number of nitrogens with one attached hydrogen (secondary N) is 1. The number of hydrogen-bond acceptors (Lipinski definition) is 3. The Morgan fingerprint density at radius 3 is 2.79 bits per heavy atom. The average Bonchev–Trinajstić information content (AvgIpc) is 2.16. The lowest BCUT2D eigenvalue weighted by molar-refractivity contribution is 0.250. The maximum atomic E-state index is 9.49. The second-order valence-electron chi connectivity index (χ2n) is 3.20. The van der Waals surface area contributed by atoms with Crippen LogP contribution in [-0.2, 0) is 6.54 Å². The van der Waals surface area contributed by atoms with E-state index in [0.29, 0.717) is 17.1 Å². The minimum atomic E-state index is -0.00864. The Hall–Kier alpha value is -0.770. The largest absolute Gasteiger partial charge is 0.508 e. The monoisotopic (exact) mass is 215 g/mol. The van der Waals surface area contributed by atoms with E-state index in [1.807, 2.05) is 6.92 Å². The van der Waals surface area contributed by atoms with E-state index < -0.39 is 0 Å². The summed E-state index contributed by atoms with van der Waals surface area (Å²) in [5, 5.41) is 21.8. The van der Waals surface area contributed by atoms with Gasteiger partial charge in [0.05, 0.1) is 6.61 Å². The zero-order valence-electron chi connectivity index (χ0n) is 8.00. The van der Waals surface area contributed by atoms with Gasteiger partial charge >= 0.3 is 0 Å². The van der Waals surface area contributed by atoms with Crippen molar-refractivity contribution >= 4 is 11.6 Å². The molecule has 14 heavy (non-hydrogen) atoms. The molecule has 0 heterocycles. The number of phenolic OH excluding ortho intramolecular Hbond substituents is 1. The molecule has 1 aromatic rings. The van der Waals surface area contributed by atoms with Gasteiger partial charge < -0.3 is 15.5 Å². The van der Waals surface area contributed by atoms with Crippen LogP contribution in [0, 0.1) is 0 Å². The van der Waals surface area contributed by atoms with Crippen molar-refractivity contribution < 1.29 is 10.2 Å². The third kappa shape index (κ3) is 2.87. The van der Waals surface area contributed by atoms with Crippen molar-refractivity contribution in [2.45, 2.75) is 19.5 Å². The molecule has 4 heteroatoms. The molecule has 3 N–H and O–H groups in total. The van der Waals surface area contributed by atoms with Crippen molar-refractivity contribution in [3.8, 4) is 5.75 Å². The van der Waals surface area contributed by atoms with E-state index in [1.165, 1.54) is 0 Å². The van der Waals surface area contributed by atoms with Crippen molar-refractivity contribution in [3.63, 3.8) is 0 Å². The van der Waals surface area contributed by atoms with Crippen LogP contribution in [0.3, 0.4) is 0 Å². The number of aliphatic hydroxyl groups excluding tert-OH is 1. The summed E-state index contributed by atoms with van der Waals surface area (Å²) in [6.45, 7) is 2.37. The minimum Gasteiger partial charge on any atom is -0.508 e. The van der Waals surface area contributed by atoms with E-state index in [1.54, 1.807) is 18.2 Å². The smallest absolute Gasteiger partial charge is 0.121 e. The van der Waals surface area contributed by atoms with Crippen LogP contribution < -0.4 is 5.32 Å². The fraction of sp³-hybridized carbons (Fsp3) is 0.400. The van der Waals surface area contributed by atoms with Crippen LogP contribution in [0.2, 0.25) is 5.02 Å². The van der Waals surface area contributed by atoms with E-state index in [-0.39, 0.29) is 18.4 Å². The Bertz CT molecular complexity index is 284. The molecular weight excluding hydrogens is 202 g/mol. The third-order valence-corrected chi connectivity index (χ3v) is 2.35. The summed E-state index contributed by atoms with van der Waals surface area (Å²) in [6, 6.07) is 5.00. The molecule has 0 aromatic heterocycles. The van der Waals surface area contributed by atoms with Gasteiger partial charge in [0.25, 0.3) is 0 Å². The Balaban J connectivity index is 2.66. The van der Waals surface area contributed by atoms with Gasteiger partial charge in [-0.15, -0.1) is 0 Å². The maximum absolute atomic E-state index is 9.49. The molecule has 0 saturated heterocycles. The van der Waals surface area contributed by atoms with Crippen molar-refractivity contribution in [3.05, 3.63) is 28.8 Å². The van der Waals surface area contributed by atoms with Gasteiger partial charge in [0.15, 0.2) is 0 Å². The summed E-state index contributed by atoms with van der Waals surface area (Å²) in [5.41, 5.74) is 0.662. The molecular formula is C10H14ClNO2. The maximum Gasteiger partial charge on any atom is 0.121 e. The first-order valence-corrected chi connectivity index (χ1v) is 4.83. The lowest BCUT2D eigenvalue weighted by Gasteiger charge is -2.12. The molecule has 0 saturated carbocycles. The molecule has 0 fully saturated rings. The molecule has 0 spiro atoms. The number of benzene rings is 1. The molecule has 0 aliphatic heterocycles. The van der Waals surface area contributed by atoms with Crippen LogP contribution in [0.1, 0.15) is 12.5 Å². The lowest BCUT2D eigenvalue weighted by Crippen LogP contribution is -2.28. The molecule has 1 atom stereocenters. The fourth-order valence-corrected chi connectivity index (χ4v) is 1.30. The molecule has 0 amide bonds. The molecule has 0 bridgehead atoms. The highest BCUT2D eigenvalue weighted by Gasteiger charge is 2.06. The molecule has 0 aliphatic rings. The van der Waals surface area contributed by atoms with Crippen LogP contribution in [0.15, 0.2) is 18.2 Å². The van der Waals surface area contributed by atoms with E-state index in [9.17, 15) is 5.11 Å². The van der Waals surface area contributed by atoms with Gasteiger partial charge in [-0.1, -0.05) is 17.7 Å². The van der Waals surface area contributed by atoms with E-state index >= 15 is 0 Å². The highest BCUT2D eigenvalue weighted by atomic mass is 35.5. The molecule has 0 radical (unpaired) electrons. The first-order valence-electron chi connectivity index (χ1n) is 4.45. The summed E-state index contributed by atoms with van der Waals surface area (Å²) in [4.78, 5) is 0. The van der Waals surface area contributed by atoms with Gasteiger partial charge in [-0.3, -0.25) is 0 Å². The summed E-state index contributed by atoms with van der Waals surface area (Å²) in [5.74, 6) is 0.176. The van der Waals surface area contributed by atoms with Crippen LogP contribution >= 0.6 is 11.6 Å². The van der Waals surface area contributed by atoms with Crippen LogP contribution in [0.5, 0.6) is 5.75 Å². The molecule has 78 valence electrons. The lowest BCUT2D eigenvalue weighted by atomic mass is 10.2. The molecule has 1 aromatic carbocycles.